The second kappa shape index (κ2) is 6.88. The number of aromatic nitrogens is 1. The normalized spacial score (nSPS) is 12.1. The molecule has 1 unspecified atom stereocenters. The summed E-state index contributed by atoms with van der Waals surface area (Å²) in [4.78, 5) is 29.7. The molecule has 1 rings (SSSR count). The Labute approximate surface area is 119 Å². The third-order valence-corrected chi connectivity index (χ3v) is 2.81. The van der Waals surface area contributed by atoms with Gasteiger partial charge >= 0.3 is 0 Å². The highest BCUT2D eigenvalue weighted by Gasteiger charge is 2.24. The van der Waals surface area contributed by atoms with Crippen LogP contribution in [-0.2, 0) is 4.79 Å². The van der Waals surface area contributed by atoms with E-state index in [1.54, 1.807) is 26.2 Å². The van der Waals surface area contributed by atoms with Crippen LogP contribution >= 0.6 is 0 Å². The Morgan fingerprint density at radius 3 is 2.55 bits per heavy atom. The van der Waals surface area contributed by atoms with Gasteiger partial charge < -0.3 is 16.0 Å². The molecule has 0 aliphatic heterocycles. The molecule has 0 aromatic carbocycles. The third kappa shape index (κ3) is 4.22. The molecule has 1 aromatic heterocycles. The lowest BCUT2D eigenvalue weighted by Gasteiger charge is -2.23. The fourth-order valence-electron chi connectivity index (χ4n) is 1.84. The molecule has 1 atom stereocenters. The smallest absolute Gasteiger partial charge is 0.272 e. The number of hydrogen-bond donors (Lipinski definition) is 2. The molecular formula is C14H22N4O2. The average molecular weight is 278 g/mol. The maximum absolute atomic E-state index is 12.2. The Morgan fingerprint density at radius 1 is 1.40 bits per heavy atom. The van der Waals surface area contributed by atoms with Crippen molar-refractivity contribution >= 4 is 17.5 Å². The topological polar surface area (TPSA) is 88.3 Å². The first kappa shape index (κ1) is 15.9. The molecule has 0 spiro atoms. The molecule has 1 aromatic rings. The molecule has 6 nitrogen and oxygen atoms in total. The Morgan fingerprint density at radius 2 is 2.05 bits per heavy atom. The molecule has 0 saturated carbocycles. The lowest BCUT2D eigenvalue weighted by molar-refractivity contribution is -0.131. The van der Waals surface area contributed by atoms with E-state index in [1.807, 2.05) is 13.8 Å². The highest BCUT2D eigenvalue weighted by Crippen LogP contribution is 2.10. The van der Waals surface area contributed by atoms with Gasteiger partial charge in [-0.2, -0.15) is 0 Å². The fraction of sp³-hybridized carbons (Fsp3) is 0.500. The van der Waals surface area contributed by atoms with Crippen molar-refractivity contribution in [3.8, 4) is 0 Å². The van der Waals surface area contributed by atoms with Crippen LogP contribution in [0.15, 0.2) is 18.3 Å². The van der Waals surface area contributed by atoms with Gasteiger partial charge in [0.1, 0.15) is 6.04 Å². The van der Waals surface area contributed by atoms with E-state index in [-0.39, 0.29) is 17.5 Å². The maximum Gasteiger partial charge on any atom is 0.272 e. The Balaban J connectivity index is 2.87. The van der Waals surface area contributed by atoms with Gasteiger partial charge in [0.25, 0.3) is 5.91 Å². The highest BCUT2D eigenvalue weighted by atomic mass is 16.2. The van der Waals surface area contributed by atoms with E-state index in [1.165, 1.54) is 11.1 Å². The average Bonchev–Trinajstić information content (AvgIpc) is 2.36. The summed E-state index contributed by atoms with van der Waals surface area (Å²) < 4.78 is 0. The van der Waals surface area contributed by atoms with Gasteiger partial charge in [0.05, 0.1) is 5.69 Å². The van der Waals surface area contributed by atoms with Gasteiger partial charge in [-0.05, 0) is 24.5 Å². The number of nitrogens with two attached hydrogens (primary N) is 1. The van der Waals surface area contributed by atoms with E-state index in [9.17, 15) is 9.59 Å². The number of amides is 2. The summed E-state index contributed by atoms with van der Waals surface area (Å²) in [6.07, 6.45) is 2.06. The van der Waals surface area contributed by atoms with Gasteiger partial charge in [0.2, 0.25) is 5.91 Å². The summed E-state index contributed by atoms with van der Waals surface area (Å²) >= 11 is 0. The first-order valence-corrected chi connectivity index (χ1v) is 6.55. The van der Waals surface area contributed by atoms with Crippen LogP contribution in [0.4, 0.5) is 5.69 Å². The van der Waals surface area contributed by atoms with Crippen LogP contribution in [0.3, 0.4) is 0 Å². The Kier molecular flexibility index (Phi) is 5.49. The summed E-state index contributed by atoms with van der Waals surface area (Å²) in [6.45, 7) is 3.99. The van der Waals surface area contributed by atoms with Crippen LogP contribution in [-0.4, -0.2) is 41.8 Å². The maximum atomic E-state index is 12.2. The van der Waals surface area contributed by atoms with E-state index in [0.717, 1.165) is 0 Å². The van der Waals surface area contributed by atoms with Crippen LogP contribution in [0, 0.1) is 5.92 Å². The number of rotatable bonds is 5. The molecule has 0 bridgehead atoms. The van der Waals surface area contributed by atoms with E-state index in [2.05, 4.69) is 10.3 Å². The molecule has 0 fully saturated rings. The lowest BCUT2D eigenvalue weighted by Crippen LogP contribution is -2.47. The van der Waals surface area contributed by atoms with Crippen molar-refractivity contribution in [3.05, 3.63) is 24.0 Å². The van der Waals surface area contributed by atoms with Crippen LogP contribution in [0.25, 0.3) is 0 Å². The predicted octanol–water partition coefficient (Wildman–Crippen LogP) is 0.897. The number of likely N-dealkylation sites (N-methyl/N-ethyl adjacent to an activating group) is 1. The Hall–Kier alpha value is -2.11. The van der Waals surface area contributed by atoms with Crippen LogP contribution in [0.2, 0.25) is 0 Å². The number of nitrogen functional groups attached to an aromatic ring is 1. The summed E-state index contributed by atoms with van der Waals surface area (Å²) in [5, 5.41) is 2.71. The third-order valence-electron chi connectivity index (χ3n) is 2.81. The van der Waals surface area contributed by atoms with Crippen molar-refractivity contribution in [2.75, 3.05) is 19.8 Å². The first-order valence-electron chi connectivity index (χ1n) is 6.55. The number of anilines is 1. The summed E-state index contributed by atoms with van der Waals surface area (Å²) in [5.74, 6) is -0.282. The molecular weight excluding hydrogens is 256 g/mol. The van der Waals surface area contributed by atoms with Gasteiger partial charge in [-0.25, -0.2) is 4.98 Å². The zero-order valence-electron chi connectivity index (χ0n) is 12.4. The number of carbonyl (C=O) groups excluding carboxylic acids is 2. The van der Waals surface area contributed by atoms with E-state index in [0.29, 0.717) is 12.1 Å². The molecule has 0 aliphatic carbocycles. The van der Waals surface area contributed by atoms with Crippen molar-refractivity contribution in [1.82, 2.24) is 15.2 Å². The molecule has 0 aliphatic rings. The first-order chi connectivity index (χ1) is 9.32. The Bertz CT molecular complexity index is 486. The SMILES string of the molecule is CC(C)CC(NC(=O)c1ncccc1N)C(=O)N(C)C. The minimum atomic E-state index is -0.570. The molecule has 1 heterocycles. The fourth-order valence-corrected chi connectivity index (χ4v) is 1.84. The highest BCUT2D eigenvalue weighted by molar-refractivity contribution is 5.99. The second-order valence-electron chi connectivity index (χ2n) is 5.33. The van der Waals surface area contributed by atoms with Gasteiger partial charge in [0, 0.05) is 20.3 Å². The second-order valence-corrected chi connectivity index (χ2v) is 5.33. The molecule has 20 heavy (non-hydrogen) atoms. The van der Waals surface area contributed by atoms with Crippen molar-refractivity contribution in [2.24, 2.45) is 5.92 Å². The molecule has 3 N–H and O–H groups in total. The molecule has 110 valence electrons. The number of nitrogens with zero attached hydrogens (tertiary/aromatic N) is 2. The minimum Gasteiger partial charge on any atom is -0.397 e. The predicted molar refractivity (Wildman–Crippen MR) is 78.1 cm³/mol. The van der Waals surface area contributed by atoms with Crippen molar-refractivity contribution in [2.45, 2.75) is 26.3 Å². The zero-order valence-corrected chi connectivity index (χ0v) is 12.4. The summed E-state index contributed by atoms with van der Waals surface area (Å²) in [7, 11) is 3.33. The van der Waals surface area contributed by atoms with Gasteiger partial charge in [0.15, 0.2) is 5.69 Å². The van der Waals surface area contributed by atoms with Gasteiger partial charge in [-0.1, -0.05) is 13.8 Å². The quantitative estimate of drug-likeness (QED) is 0.837. The lowest BCUT2D eigenvalue weighted by atomic mass is 10.0. The molecule has 0 saturated heterocycles. The van der Waals surface area contributed by atoms with E-state index < -0.39 is 11.9 Å². The van der Waals surface area contributed by atoms with Gasteiger partial charge in [-0.15, -0.1) is 0 Å². The zero-order chi connectivity index (χ0) is 15.3. The summed E-state index contributed by atoms with van der Waals surface area (Å²) in [5.41, 5.74) is 6.16. The van der Waals surface area contributed by atoms with Crippen LogP contribution < -0.4 is 11.1 Å². The monoisotopic (exact) mass is 278 g/mol. The van der Waals surface area contributed by atoms with E-state index in [4.69, 9.17) is 5.73 Å². The number of pyridine rings is 1. The number of hydrogen-bond acceptors (Lipinski definition) is 4. The van der Waals surface area contributed by atoms with E-state index >= 15 is 0 Å². The van der Waals surface area contributed by atoms with Crippen LogP contribution in [0.5, 0.6) is 0 Å². The van der Waals surface area contributed by atoms with Crippen LogP contribution in [0.1, 0.15) is 30.8 Å². The number of nitrogens with one attached hydrogen (secondary N) is 1. The largest absolute Gasteiger partial charge is 0.397 e. The standard InChI is InChI=1S/C14H22N4O2/c1-9(2)8-11(14(20)18(3)4)17-13(19)12-10(15)6-5-7-16-12/h5-7,9,11H,8,15H2,1-4H3,(H,17,19). The molecule has 0 radical (unpaired) electrons. The van der Waals surface area contributed by atoms with Gasteiger partial charge in [-0.3, -0.25) is 9.59 Å². The van der Waals surface area contributed by atoms with Crippen molar-refractivity contribution in [3.63, 3.8) is 0 Å². The summed E-state index contributed by atoms with van der Waals surface area (Å²) in [6, 6.07) is 2.69. The van der Waals surface area contributed by atoms with Crippen molar-refractivity contribution < 1.29 is 9.59 Å². The number of carbonyl (C=O) groups is 2. The molecule has 2 amide bonds. The van der Waals surface area contributed by atoms with Crippen molar-refractivity contribution in [1.29, 1.82) is 0 Å². The molecule has 6 heteroatoms. The minimum absolute atomic E-state index is 0.137.